The van der Waals surface area contributed by atoms with Gasteiger partial charge in [0.1, 0.15) is 11.6 Å². The Bertz CT molecular complexity index is 1310. The number of allylic oxidation sites excluding steroid dienone is 1. The molecule has 0 bridgehead atoms. The van der Waals surface area contributed by atoms with Gasteiger partial charge in [0.25, 0.3) is 0 Å². The number of ether oxygens (including phenoxy) is 1. The van der Waals surface area contributed by atoms with Crippen molar-refractivity contribution in [2.24, 2.45) is 0 Å². The van der Waals surface area contributed by atoms with E-state index in [-0.39, 0.29) is 6.04 Å². The lowest BCUT2D eigenvalue weighted by atomic mass is 10.0. The Morgan fingerprint density at radius 1 is 1.03 bits per heavy atom. The lowest BCUT2D eigenvalue weighted by Crippen LogP contribution is -2.44. The van der Waals surface area contributed by atoms with Crippen LogP contribution in [0.15, 0.2) is 67.0 Å². The molecule has 0 saturated carbocycles. The van der Waals surface area contributed by atoms with E-state index in [0.717, 1.165) is 67.5 Å². The molecule has 1 unspecified atom stereocenters. The first-order chi connectivity index (χ1) is 17.6. The second kappa shape index (κ2) is 9.32. The number of methoxy groups -OCH3 is 1. The van der Waals surface area contributed by atoms with E-state index in [9.17, 15) is 0 Å². The van der Waals surface area contributed by atoms with E-state index < -0.39 is 0 Å². The third-order valence-electron chi connectivity index (χ3n) is 7.49. The van der Waals surface area contributed by atoms with Crippen molar-refractivity contribution in [3.8, 4) is 5.75 Å². The van der Waals surface area contributed by atoms with E-state index in [1.807, 2.05) is 24.4 Å². The molecule has 1 N–H and O–H groups in total. The molecule has 2 aromatic carbocycles. The van der Waals surface area contributed by atoms with Gasteiger partial charge in [-0.1, -0.05) is 18.7 Å². The summed E-state index contributed by atoms with van der Waals surface area (Å²) in [6.45, 7) is 8.65. The summed E-state index contributed by atoms with van der Waals surface area (Å²) in [5.41, 5.74) is 6.69. The van der Waals surface area contributed by atoms with Gasteiger partial charge in [-0.3, -0.25) is 0 Å². The summed E-state index contributed by atoms with van der Waals surface area (Å²) in [4.78, 5) is 16.6. The number of fused-ring (bicyclic) bond motifs is 2. The molecule has 2 aliphatic heterocycles. The standard InChI is InChI=1S/C29H32N6O/c1-20-7-8-22-19-30-29(31-23-10-12-24(13-11-23)34-17-15-33(2)16-18-34)32-28(22)35(20)25-14-9-21-5-4-6-26(36-3)27(21)25/h4-8,10-13,19,25H,1,9,14-18H2,2-3H3,(H,30,31,32). The first-order valence-electron chi connectivity index (χ1n) is 12.6. The summed E-state index contributed by atoms with van der Waals surface area (Å²) in [7, 11) is 3.92. The Balaban J connectivity index is 1.26. The van der Waals surface area contributed by atoms with Crippen LogP contribution >= 0.6 is 0 Å². The summed E-state index contributed by atoms with van der Waals surface area (Å²) in [5, 5.41) is 3.40. The molecule has 1 aliphatic carbocycles. The van der Waals surface area contributed by atoms with Gasteiger partial charge in [0.05, 0.1) is 13.2 Å². The van der Waals surface area contributed by atoms with Crippen molar-refractivity contribution in [1.82, 2.24) is 14.9 Å². The van der Waals surface area contributed by atoms with E-state index >= 15 is 0 Å². The highest BCUT2D eigenvalue weighted by molar-refractivity contribution is 5.75. The smallest absolute Gasteiger partial charge is 0.229 e. The van der Waals surface area contributed by atoms with Crippen molar-refractivity contribution in [3.05, 3.63) is 83.7 Å². The quantitative estimate of drug-likeness (QED) is 0.551. The van der Waals surface area contributed by atoms with Crippen molar-refractivity contribution in [3.63, 3.8) is 0 Å². The number of likely N-dealkylation sites (N-methyl/N-ethyl adjacent to an activating group) is 1. The SMILES string of the molecule is C=C1C=Cc2cnc(Nc3ccc(N4CCN(C)CC4)cc3)nc2N1C1CCc2cccc(OC)c21. The Morgan fingerprint density at radius 2 is 1.83 bits per heavy atom. The molecule has 36 heavy (non-hydrogen) atoms. The van der Waals surface area contributed by atoms with E-state index in [1.165, 1.54) is 16.8 Å². The number of nitrogens with zero attached hydrogens (tertiary/aromatic N) is 5. The molecule has 184 valence electrons. The summed E-state index contributed by atoms with van der Waals surface area (Å²) >= 11 is 0. The molecule has 3 heterocycles. The summed E-state index contributed by atoms with van der Waals surface area (Å²) in [6.07, 6.45) is 7.97. The first kappa shape index (κ1) is 22.6. The predicted molar refractivity (Wildman–Crippen MR) is 146 cm³/mol. The fourth-order valence-corrected chi connectivity index (χ4v) is 5.51. The van der Waals surface area contributed by atoms with Crippen LogP contribution in [0.1, 0.15) is 29.2 Å². The molecule has 7 heteroatoms. The van der Waals surface area contributed by atoms with Crippen molar-refractivity contribution in [1.29, 1.82) is 0 Å². The number of aromatic nitrogens is 2. The van der Waals surface area contributed by atoms with Crippen LogP contribution < -0.4 is 19.9 Å². The second-order valence-corrected chi connectivity index (χ2v) is 9.72. The van der Waals surface area contributed by atoms with Gasteiger partial charge in [0, 0.05) is 60.6 Å². The topological polar surface area (TPSA) is 56.8 Å². The zero-order chi connectivity index (χ0) is 24.6. The zero-order valence-electron chi connectivity index (χ0n) is 20.9. The number of hydrogen-bond acceptors (Lipinski definition) is 7. The molecule has 0 radical (unpaired) electrons. The molecule has 1 fully saturated rings. The maximum atomic E-state index is 5.74. The number of benzene rings is 2. The van der Waals surface area contributed by atoms with Crippen molar-refractivity contribution in [2.45, 2.75) is 18.9 Å². The Morgan fingerprint density at radius 3 is 2.61 bits per heavy atom. The fourth-order valence-electron chi connectivity index (χ4n) is 5.51. The van der Waals surface area contributed by atoms with Gasteiger partial charge in [-0.25, -0.2) is 4.98 Å². The molecule has 7 nitrogen and oxygen atoms in total. The Labute approximate surface area is 212 Å². The Kier molecular flexibility index (Phi) is 5.85. The minimum Gasteiger partial charge on any atom is -0.496 e. The van der Waals surface area contributed by atoms with Gasteiger partial charge in [0.15, 0.2) is 0 Å². The molecule has 1 atom stereocenters. The third kappa shape index (κ3) is 4.09. The monoisotopic (exact) mass is 480 g/mol. The molecular weight excluding hydrogens is 448 g/mol. The Hall–Kier alpha value is -3.84. The van der Waals surface area contributed by atoms with Crippen LogP contribution in [-0.2, 0) is 6.42 Å². The second-order valence-electron chi connectivity index (χ2n) is 9.72. The maximum Gasteiger partial charge on any atom is 0.229 e. The van der Waals surface area contributed by atoms with E-state index in [0.29, 0.717) is 5.95 Å². The minimum atomic E-state index is 0.123. The van der Waals surface area contributed by atoms with Gasteiger partial charge in [0.2, 0.25) is 5.95 Å². The molecule has 1 saturated heterocycles. The first-order valence-corrected chi connectivity index (χ1v) is 12.6. The molecule has 0 amide bonds. The van der Waals surface area contributed by atoms with E-state index in [2.05, 4.69) is 75.0 Å². The van der Waals surface area contributed by atoms with Crippen LogP contribution in [0.3, 0.4) is 0 Å². The maximum absolute atomic E-state index is 5.74. The third-order valence-corrected chi connectivity index (χ3v) is 7.49. The van der Waals surface area contributed by atoms with Crippen LogP contribution in [-0.4, -0.2) is 55.2 Å². The van der Waals surface area contributed by atoms with Crippen molar-refractivity contribution >= 4 is 29.2 Å². The predicted octanol–water partition coefficient (Wildman–Crippen LogP) is 5.02. The summed E-state index contributed by atoms with van der Waals surface area (Å²) in [6, 6.07) is 15.0. The number of piperazine rings is 1. The lowest BCUT2D eigenvalue weighted by molar-refractivity contribution is 0.313. The van der Waals surface area contributed by atoms with Crippen molar-refractivity contribution in [2.75, 3.05) is 55.5 Å². The average Bonchev–Trinajstić information content (AvgIpc) is 3.33. The molecule has 6 rings (SSSR count). The molecule has 3 aromatic rings. The lowest BCUT2D eigenvalue weighted by Gasteiger charge is -2.35. The molecule has 0 spiro atoms. The molecule has 3 aliphatic rings. The number of nitrogens with one attached hydrogen (secondary N) is 1. The van der Waals surface area contributed by atoms with E-state index in [1.54, 1.807) is 7.11 Å². The number of hydrogen-bond donors (Lipinski definition) is 1. The highest BCUT2D eigenvalue weighted by atomic mass is 16.5. The van der Waals surface area contributed by atoms with Crippen LogP contribution in [0.2, 0.25) is 0 Å². The average molecular weight is 481 g/mol. The normalized spacial score (nSPS) is 19.3. The zero-order valence-corrected chi connectivity index (χ0v) is 20.9. The summed E-state index contributed by atoms with van der Waals surface area (Å²) in [5.74, 6) is 2.37. The summed E-state index contributed by atoms with van der Waals surface area (Å²) < 4.78 is 5.74. The van der Waals surface area contributed by atoms with Gasteiger partial charge < -0.3 is 24.8 Å². The van der Waals surface area contributed by atoms with Crippen LogP contribution in [0.4, 0.5) is 23.1 Å². The highest BCUT2D eigenvalue weighted by Gasteiger charge is 2.35. The van der Waals surface area contributed by atoms with E-state index in [4.69, 9.17) is 9.72 Å². The number of aryl methyl sites for hydroxylation is 1. The van der Waals surface area contributed by atoms with Gasteiger partial charge in [-0.2, -0.15) is 4.98 Å². The minimum absolute atomic E-state index is 0.123. The fraction of sp³-hybridized carbons (Fsp3) is 0.310. The van der Waals surface area contributed by atoms with Crippen LogP contribution in [0, 0.1) is 0 Å². The van der Waals surface area contributed by atoms with Gasteiger partial charge in [-0.15, -0.1) is 0 Å². The molecule has 1 aromatic heterocycles. The van der Waals surface area contributed by atoms with Crippen LogP contribution in [0.25, 0.3) is 6.08 Å². The molecular formula is C29H32N6O. The van der Waals surface area contributed by atoms with Crippen molar-refractivity contribution < 1.29 is 4.74 Å². The number of rotatable bonds is 5. The number of anilines is 4. The van der Waals surface area contributed by atoms with Gasteiger partial charge in [-0.05, 0) is 67.9 Å². The van der Waals surface area contributed by atoms with Gasteiger partial charge >= 0.3 is 0 Å². The highest BCUT2D eigenvalue weighted by Crippen LogP contribution is 2.46. The van der Waals surface area contributed by atoms with Crippen LogP contribution in [0.5, 0.6) is 5.75 Å². The largest absolute Gasteiger partial charge is 0.496 e.